The number of nitrogens with one attached hydrogen (secondary N) is 2. The third-order valence-corrected chi connectivity index (χ3v) is 29.5. The van der Waals surface area contributed by atoms with Crippen molar-refractivity contribution in [1.82, 2.24) is 40.0 Å². The maximum Gasteiger partial charge on any atom is 0.158 e. The summed E-state index contributed by atoms with van der Waals surface area (Å²) in [4.78, 5) is 14.1. The summed E-state index contributed by atoms with van der Waals surface area (Å²) in [6, 6.07) is 0. The molecule has 2 N–H and O–H groups in total. The largest absolute Gasteiger partial charge is 0.381 e. The first-order chi connectivity index (χ1) is 37.5. The zero-order valence-corrected chi connectivity index (χ0v) is 54.1. The summed E-state index contributed by atoms with van der Waals surface area (Å²) in [5, 5.41) is 6.57. The Balaban J connectivity index is 0.000000110. The Morgan fingerprint density at radius 2 is 0.975 bits per heavy atom. The molecule has 3 aliphatic carbocycles. The fraction of sp³-hybridized carbons (Fsp3) is 1.00. The van der Waals surface area contributed by atoms with Crippen LogP contribution in [0.1, 0.15) is 142 Å². The number of sulfone groups is 2. The summed E-state index contributed by atoms with van der Waals surface area (Å²) in [5.41, 5.74) is 4.21. The molecule has 79 heavy (non-hydrogen) atoms. The minimum atomic E-state index is -2.66. The van der Waals surface area contributed by atoms with E-state index in [0.717, 1.165) is 99.0 Å². The van der Waals surface area contributed by atoms with E-state index in [9.17, 15) is 16.8 Å². The summed E-state index contributed by atoms with van der Waals surface area (Å²) in [5.74, 6) is 5.84. The van der Waals surface area contributed by atoms with Gasteiger partial charge in [0.15, 0.2) is 19.7 Å². The first-order valence-corrected chi connectivity index (χ1v) is 36.9. The van der Waals surface area contributed by atoms with Crippen LogP contribution in [0.15, 0.2) is 0 Å². The quantitative estimate of drug-likeness (QED) is 0.260. The molecule has 0 radical (unpaired) electrons. The molecular weight excluding hydrogens is 1050 g/mol. The van der Waals surface area contributed by atoms with Gasteiger partial charge in [0.05, 0.1) is 40.8 Å². The molecule has 14 nitrogen and oxygen atoms in total. The second kappa shape index (κ2) is 26.1. The average Bonchev–Trinajstić information content (AvgIpc) is 4.26. The second-order valence-electron chi connectivity index (χ2n) is 30.4. The third-order valence-electron chi connectivity index (χ3n) is 23.3. The van der Waals surface area contributed by atoms with Crippen LogP contribution in [-0.2, 0) is 29.1 Å². The van der Waals surface area contributed by atoms with Crippen LogP contribution in [-0.4, -0.2) is 252 Å². The third kappa shape index (κ3) is 15.3. The highest BCUT2D eigenvalue weighted by Gasteiger charge is 2.58. The van der Waals surface area contributed by atoms with Gasteiger partial charge in [-0.2, -0.15) is 11.8 Å². The normalized spacial score (nSPS) is 34.3. The van der Waals surface area contributed by atoms with Gasteiger partial charge in [-0.3, -0.25) is 0 Å². The molecule has 16 rings (SSSR count). The molecule has 0 amide bonds. The van der Waals surface area contributed by atoms with Gasteiger partial charge in [-0.15, -0.1) is 0 Å². The molecule has 2 atom stereocenters. The number of ether oxygens (including phenoxy) is 2. The summed E-state index contributed by atoms with van der Waals surface area (Å²) < 4.78 is 54.4. The Morgan fingerprint density at radius 1 is 0.468 bits per heavy atom. The molecule has 0 aromatic rings. The van der Waals surface area contributed by atoms with Gasteiger partial charge in [0.25, 0.3) is 0 Å². The van der Waals surface area contributed by atoms with Gasteiger partial charge in [0.1, 0.15) is 0 Å². The van der Waals surface area contributed by atoms with Crippen molar-refractivity contribution in [2.24, 2.45) is 44.3 Å². The summed E-state index contributed by atoms with van der Waals surface area (Å²) >= 11 is 2.12. The van der Waals surface area contributed by atoms with Crippen LogP contribution < -0.4 is 10.6 Å². The highest BCUT2D eigenvalue weighted by atomic mass is 32.2. The molecule has 13 heterocycles. The van der Waals surface area contributed by atoms with Gasteiger partial charge in [-0.05, 0) is 198 Å². The van der Waals surface area contributed by atoms with E-state index in [-0.39, 0.29) is 10.2 Å². The van der Waals surface area contributed by atoms with Crippen molar-refractivity contribution in [3.8, 4) is 0 Å². The number of rotatable bonds is 0. The number of nitrogens with zero attached hydrogens (tertiary/aromatic N) is 6. The molecule has 16 aliphatic rings. The van der Waals surface area contributed by atoms with E-state index >= 15 is 0 Å². The van der Waals surface area contributed by atoms with Crippen LogP contribution in [0.3, 0.4) is 0 Å². The predicted molar refractivity (Wildman–Crippen MR) is 328 cm³/mol. The second-order valence-corrected chi connectivity index (χ2v) is 36.0. The fourth-order valence-electron chi connectivity index (χ4n) is 17.1. The van der Waals surface area contributed by atoms with Crippen LogP contribution in [0.5, 0.6) is 0 Å². The van der Waals surface area contributed by atoms with Crippen molar-refractivity contribution in [3.05, 3.63) is 0 Å². The van der Waals surface area contributed by atoms with E-state index in [1.165, 1.54) is 199 Å². The van der Waals surface area contributed by atoms with Crippen molar-refractivity contribution < 1.29 is 26.3 Å². The first kappa shape index (κ1) is 63.4. The highest BCUT2D eigenvalue weighted by Crippen LogP contribution is 2.49. The van der Waals surface area contributed by atoms with Crippen LogP contribution in [0.25, 0.3) is 0 Å². The number of likely N-dealkylation sites (tertiary alicyclic amines) is 6. The van der Waals surface area contributed by atoms with Crippen LogP contribution in [0.2, 0.25) is 0 Å². The molecule has 8 spiro atoms. The predicted octanol–water partition coefficient (Wildman–Crippen LogP) is 6.95. The molecule has 0 aromatic carbocycles. The van der Waals surface area contributed by atoms with Crippen LogP contribution in [0.4, 0.5) is 0 Å². The van der Waals surface area contributed by atoms with Gasteiger partial charge < -0.3 is 49.5 Å². The van der Waals surface area contributed by atoms with Gasteiger partial charge >= 0.3 is 0 Å². The Kier molecular flexibility index (Phi) is 20.9. The van der Waals surface area contributed by atoms with E-state index in [1.807, 2.05) is 14.1 Å². The Labute approximate surface area is 487 Å². The number of piperidine rings is 3. The lowest BCUT2D eigenvalue weighted by Gasteiger charge is -2.54. The van der Waals surface area contributed by atoms with Crippen molar-refractivity contribution in [2.45, 2.75) is 153 Å². The number of hydrogen-bond acceptors (Lipinski definition) is 15. The monoisotopic (exact) mass is 1160 g/mol. The molecule has 3 saturated carbocycles. The summed E-state index contributed by atoms with van der Waals surface area (Å²) in [7, 11) is 7.68. The van der Waals surface area contributed by atoms with Gasteiger partial charge in [0.2, 0.25) is 0 Å². The fourth-order valence-corrected chi connectivity index (χ4v) is 22.9. The molecule has 0 unspecified atom stereocenters. The summed E-state index contributed by atoms with van der Waals surface area (Å²) in [6.45, 7) is 26.5. The zero-order valence-electron chi connectivity index (χ0n) is 51.6. The molecule has 16 fully saturated rings. The lowest BCUT2D eigenvalue weighted by atomic mass is 9.64. The van der Waals surface area contributed by atoms with Crippen molar-refractivity contribution in [2.75, 3.05) is 196 Å². The minimum Gasteiger partial charge on any atom is -0.381 e. The van der Waals surface area contributed by atoms with E-state index in [2.05, 4.69) is 93.8 Å². The standard InChI is InChI=1S/C10H19N.C9H17NO.2C9H17N.C7H13NS.2C6H11NO2S.C6H11NO/c1-11-8-6-10(7-9-11)4-2-3-5-10;1-10-5-2-9(3-6-10)4-7-11-8-9;1-10-7-3-6-9(8-10)4-2-5-9;1-10-7-9(8-10)5-3-2-4-6-9;1-6-2-9-5-7(6)3-8-4-7;1-7-2-6(3-7)4-10(8,9)5-6;1-7-4-6(5-7)2-3-10(6,8)9;1-5-2-8-6(5)3-7-4-6/h2-9H2,1H3;2-8H2,1H3;2*2-8H2,1H3;6,8H,2-5H2,1H3;2*2-5H2,1H3;5,7H,2-4H2,1H3/t;;;;6-;;;5-/m....1..1/s1. The maximum absolute atomic E-state index is 11.1. The lowest BCUT2D eigenvalue weighted by Crippen LogP contribution is -2.71. The molecule has 458 valence electrons. The number of thioether (sulfide) groups is 1. The van der Waals surface area contributed by atoms with Crippen LogP contribution >= 0.6 is 11.8 Å². The average molecular weight is 1170 g/mol. The minimum absolute atomic E-state index is 0.188. The van der Waals surface area contributed by atoms with Crippen molar-refractivity contribution in [1.29, 1.82) is 0 Å². The van der Waals surface area contributed by atoms with Crippen LogP contribution in [0, 0.1) is 44.3 Å². The van der Waals surface area contributed by atoms with E-state index in [1.54, 1.807) is 0 Å². The van der Waals surface area contributed by atoms with E-state index < -0.39 is 19.7 Å². The molecule has 13 saturated heterocycles. The molecule has 0 aromatic heterocycles. The smallest absolute Gasteiger partial charge is 0.158 e. The van der Waals surface area contributed by atoms with Gasteiger partial charge in [-0.1, -0.05) is 52.4 Å². The van der Waals surface area contributed by atoms with Crippen molar-refractivity contribution in [3.63, 3.8) is 0 Å². The number of hydrogen-bond donors (Lipinski definition) is 2. The Bertz CT molecular complexity index is 2070. The maximum atomic E-state index is 11.1. The lowest BCUT2D eigenvalue weighted by molar-refractivity contribution is -0.220. The molecule has 0 bridgehead atoms. The van der Waals surface area contributed by atoms with E-state index in [4.69, 9.17) is 9.47 Å². The molecule has 13 aliphatic heterocycles. The Morgan fingerprint density at radius 3 is 1.29 bits per heavy atom. The molecule has 17 heteroatoms. The van der Waals surface area contributed by atoms with Crippen molar-refractivity contribution >= 4 is 31.4 Å². The Hall–Kier alpha value is -0.150. The highest BCUT2D eigenvalue weighted by molar-refractivity contribution is 7.99. The van der Waals surface area contributed by atoms with Gasteiger partial charge in [0, 0.05) is 101 Å². The van der Waals surface area contributed by atoms with E-state index in [0.29, 0.717) is 28.3 Å². The van der Waals surface area contributed by atoms with Gasteiger partial charge in [-0.25, -0.2) is 16.8 Å². The topological polar surface area (TPSA) is 130 Å². The zero-order chi connectivity index (χ0) is 56.3. The first-order valence-electron chi connectivity index (χ1n) is 32.2. The summed E-state index contributed by atoms with van der Waals surface area (Å²) in [6.07, 6.45) is 28.9. The molecular formula is C62H116N8O6S3. The SMILES string of the molecule is CN1CC2(C1)CS(=O)(=O)C2.CN1CC2(CCCCC2)C1.CN1CC2(CCS2(=O)=O)C1.CN1CCC2(CCCC2)CC1.CN1CCC2(CCOC2)CC1.CN1CCCC2(CCC2)C1.C[C@@H]1COC12CNC2.C[C@@H]1CSCC12CNC2.